The second kappa shape index (κ2) is 7.92. The molecule has 30 heavy (non-hydrogen) atoms. The van der Waals surface area contributed by atoms with Crippen molar-refractivity contribution in [2.75, 3.05) is 26.3 Å². The van der Waals surface area contributed by atoms with Crippen LogP contribution in [0.4, 0.5) is 0 Å². The van der Waals surface area contributed by atoms with E-state index in [2.05, 4.69) is 61.2 Å². The van der Waals surface area contributed by atoms with Gasteiger partial charge in [0.2, 0.25) is 5.82 Å². The van der Waals surface area contributed by atoms with Gasteiger partial charge in [-0.05, 0) is 79.3 Å². The van der Waals surface area contributed by atoms with E-state index in [4.69, 9.17) is 4.74 Å². The summed E-state index contributed by atoms with van der Waals surface area (Å²) in [6, 6.07) is 5.93. The second-order valence-corrected chi connectivity index (χ2v) is 8.90. The Morgan fingerprint density at radius 2 is 1.90 bits per heavy atom. The molecule has 1 aliphatic heterocycles. The van der Waals surface area contributed by atoms with E-state index in [1.807, 2.05) is 16.8 Å². The third kappa shape index (κ3) is 3.65. The zero-order valence-electron chi connectivity index (χ0n) is 18.5. The highest BCUT2D eigenvalue weighted by Crippen LogP contribution is 2.25. The molecule has 1 aromatic carbocycles. The number of aromatic nitrogens is 5. The monoisotopic (exact) mass is 411 g/mol. The molecule has 8 heteroatoms. The van der Waals surface area contributed by atoms with E-state index >= 15 is 0 Å². The van der Waals surface area contributed by atoms with Crippen molar-refractivity contribution >= 4 is 10.9 Å². The van der Waals surface area contributed by atoms with E-state index in [9.17, 15) is 4.79 Å². The van der Waals surface area contributed by atoms with Gasteiger partial charge in [0.25, 0.3) is 5.56 Å². The van der Waals surface area contributed by atoms with Crippen molar-refractivity contribution in [1.29, 1.82) is 0 Å². The summed E-state index contributed by atoms with van der Waals surface area (Å²) < 4.78 is 7.48. The van der Waals surface area contributed by atoms with E-state index in [1.54, 1.807) is 0 Å². The van der Waals surface area contributed by atoms with Crippen LogP contribution in [0, 0.1) is 13.8 Å². The molecule has 4 rings (SSSR count). The quantitative estimate of drug-likeness (QED) is 0.660. The van der Waals surface area contributed by atoms with Crippen LogP contribution in [0.15, 0.2) is 23.0 Å². The number of hydrogen-bond donors (Lipinski definition) is 2. The topological polar surface area (TPSA) is 90.1 Å². The number of nitrogens with one attached hydrogen (secondary N) is 2. The number of nitrogens with zero attached hydrogens (tertiary/aromatic N) is 4. The molecule has 1 atom stereocenters. The number of aryl methyl sites for hydroxylation is 2. The van der Waals surface area contributed by atoms with E-state index in [0.29, 0.717) is 18.8 Å². The van der Waals surface area contributed by atoms with Gasteiger partial charge in [-0.3, -0.25) is 4.79 Å². The zero-order chi connectivity index (χ0) is 21.5. The fourth-order valence-electron chi connectivity index (χ4n) is 4.13. The lowest BCUT2D eigenvalue weighted by atomic mass is 9.98. The third-order valence-corrected chi connectivity index (χ3v) is 6.53. The van der Waals surface area contributed by atoms with Gasteiger partial charge in [0.05, 0.1) is 24.3 Å². The van der Waals surface area contributed by atoms with Crippen LogP contribution in [-0.4, -0.2) is 51.5 Å². The summed E-state index contributed by atoms with van der Waals surface area (Å²) >= 11 is 0. The third-order valence-electron chi connectivity index (χ3n) is 6.53. The Morgan fingerprint density at radius 1 is 1.20 bits per heavy atom. The first-order chi connectivity index (χ1) is 14.3. The molecule has 0 radical (unpaired) electrons. The Hall–Kier alpha value is -2.58. The average Bonchev–Trinajstić information content (AvgIpc) is 3.21. The molecular formula is C22H31N6O2+. The fraction of sp³-hybridized carbons (Fsp3) is 0.545. The van der Waals surface area contributed by atoms with Gasteiger partial charge in [-0.15, -0.1) is 5.10 Å². The van der Waals surface area contributed by atoms with Crippen LogP contribution < -0.4 is 10.5 Å². The second-order valence-electron chi connectivity index (χ2n) is 8.90. The molecule has 0 aliphatic carbocycles. The van der Waals surface area contributed by atoms with Crippen LogP contribution in [0.1, 0.15) is 55.7 Å². The minimum atomic E-state index is -0.260. The Labute approximate surface area is 176 Å². The molecule has 2 aromatic heterocycles. The molecule has 3 aromatic rings. The summed E-state index contributed by atoms with van der Waals surface area (Å²) in [6.07, 6.45) is 0.878. The number of fused-ring (bicyclic) bond motifs is 1. The van der Waals surface area contributed by atoms with Crippen LogP contribution in [-0.2, 0) is 10.3 Å². The number of hydrogen-bond acceptors (Lipinski definition) is 5. The molecule has 8 nitrogen and oxygen atoms in total. The minimum absolute atomic E-state index is 0.0846. The zero-order valence-corrected chi connectivity index (χ0v) is 18.5. The lowest BCUT2D eigenvalue weighted by Gasteiger charge is -2.32. The van der Waals surface area contributed by atoms with Gasteiger partial charge in [-0.2, -0.15) is 0 Å². The lowest BCUT2D eigenvalue weighted by Crippen LogP contribution is -3.14. The van der Waals surface area contributed by atoms with E-state index in [1.165, 1.54) is 10.5 Å². The maximum Gasteiger partial charge on any atom is 0.258 e. The van der Waals surface area contributed by atoms with Gasteiger partial charge in [-0.25, -0.2) is 4.68 Å². The van der Waals surface area contributed by atoms with Crippen LogP contribution in [0.25, 0.3) is 10.9 Å². The fourth-order valence-corrected chi connectivity index (χ4v) is 4.13. The Balaban J connectivity index is 1.92. The highest BCUT2D eigenvalue weighted by atomic mass is 16.5. The Kier molecular flexibility index (Phi) is 5.46. The van der Waals surface area contributed by atoms with Crippen molar-refractivity contribution in [3.63, 3.8) is 0 Å². The number of rotatable bonds is 5. The number of H-pyrrole nitrogens is 1. The largest absolute Gasteiger partial charge is 0.370 e. The Bertz CT molecular complexity index is 1110. The minimum Gasteiger partial charge on any atom is -0.370 e. The Morgan fingerprint density at radius 3 is 2.60 bits per heavy atom. The average molecular weight is 412 g/mol. The number of ether oxygens (including phenoxy) is 1. The summed E-state index contributed by atoms with van der Waals surface area (Å²) in [5, 5.41) is 13.8. The maximum atomic E-state index is 13.3. The molecule has 1 fully saturated rings. The standard InChI is InChI=1S/C22H30N6O2/c1-6-22(4,5)28-20(24-25-26-28)19(27-7-9-30-10-8-27)17-13-16-11-14(2)15(3)12-18(16)23-21(17)29/h11-13,19H,6-10H2,1-5H3,(H,23,29)/p+1/t19-/m1/s1. The molecule has 0 amide bonds. The van der Waals surface area contributed by atoms with Crippen molar-refractivity contribution in [3.05, 3.63) is 51.1 Å². The SMILES string of the molecule is CCC(C)(C)n1nnnc1[C@@H](c1cc2cc(C)c(C)cc2[nH]c1=O)[NH+]1CCOCC1. The number of aromatic amines is 1. The van der Waals surface area contributed by atoms with Gasteiger partial charge < -0.3 is 14.6 Å². The molecule has 160 valence electrons. The lowest BCUT2D eigenvalue weighted by molar-refractivity contribution is -0.934. The maximum absolute atomic E-state index is 13.3. The molecule has 3 heterocycles. The van der Waals surface area contributed by atoms with Gasteiger partial charge in [0.15, 0.2) is 6.04 Å². The summed E-state index contributed by atoms with van der Waals surface area (Å²) in [6.45, 7) is 13.4. The van der Waals surface area contributed by atoms with Crippen molar-refractivity contribution in [1.82, 2.24) is 25.2 Å². The van der Waals surface area contributed by atoms with Gasteiger partial charge in [0.1, 0.15) is 13.1 Å². The molecular weight excluding hydrogens is 380 g/mol. The molecule has 0 spiro atoms. The summed E-state index contributed by atoms with van der Waals surface area (Å²) in [5.41, 5.74) is 3.59. The summed E-state index contributed by atoms with van der Waals surface area (Å²) in [7, 11) is 0. The van der Waals surface area contributed by atoms with Crippen LogP contribution in [0.5, 0.6) is 0 Å². The normalized spacial score (nSPS) is 16.8. The molecule has 1 aliphatic rings. The first-order valence-corrected chi connectivity index (χ1v) is 10.7. The van der Waals surface area contributed by atoms with Gasteiger partial charge in [0, 0.05) is 5.52 Å². The number of tetrazole rings is 1. The van der Waals surface area contributed by atoms with Crippen LogP contribution in [0.3, 0.4) is 0 Å². The van der Waals surface area contributed by atoms with Crippen molar-refractivity contribution < 1.29 is 9.64 Å². The highest BCUT2D eigenvalue weighted by Gasteiger charge is 2.37. The van der Waals surface area contributed by atoms with Crippen molar-refractivity contribution in [2.24, 2.45) is 0 Å². The first kappa shape index (κ1) is 20.7. The predicted molar refractivity (Wildman–Crippen MR) is 115 cm³/mol. The molecule has 1 saturated heterocycles. The van der Waals surface area contributed by atoms with E-state index in [0.717, 1.165) is 41.8 Å². The van der Waals surface area contributed by atoms with E-state index in [-0.39, 0.29) is 17.1 Å². The number of quaternary nitrogens is 1. The summed E-state index contributed by atoms with van der Waals surface area (Å²) in [5.74, 6) is 0.729. The molecule has 0 saturated carbocycles. The molecule has 2 N–H and O–H groups in total. The smallest absolute Gasteiger partial charge is 0.258 e. The highest BCUT2D eigenvalue weighted by molar-refractivity contribution is 5.80. The first-order valence-electron chi connectivity index (χ1n) is 10.7. The summed E-state index contributed by atoms with van der Waals surface area (Å²) in [4.78, 5) is 17.6. The number of morpholine rings is 1. The van der Waals surface area contributed by atoms with Gasteiger partial charge in [-0.1, -0.05) is 6.92 Å². The van der Waals surface area contributed by atoms with E-state index < -0.39 is 0 Å². The number of pyridine rings is 1. The van der Waals surface area contributed by atoms with Crippen molar-refractivity contribution in [2.45, 2.75) is 52.6 Å². The van der Waals surface area contributed by atoms with Crippen molar-refractivity contribution in [3.8, 4) is 0 Å². The predicted octanol–water partition coefficient (Wildman–Crippen LogP) is 1.28. The number of benzene rings is 1. The van der Waals surface area contributed by atoms with Crippen LogP contribution >= 0.6 is 0 Å². The van der Waals surface area contributed by atoms with Gasteiger partial charge >= 0.3 is 0 Å². The van der Waals surface area contributed by atoms with Crippen LogP contribution in [0.2, 0.25) is 0 Å². The molecule has 0 unspecified atom stereocenters. The molecule has 0 bridgehead atoms.